The molecule has 2 rings (SSSR count). The first-order valence-corrected chi connectivity index (χ1v) is 5.76. The topological polar surface area (TPSA) is 53.1 Å². The smallest absolute Gasteiger partial charge is 0.147 e. The minimum atomic E-state index is 0.470. The molecule has 1 aromatic carbocycles. The number of nitrogens with zero attached hydrogens (tertiary/aromatic N) is 2. The van der Waals surface area contributed by atoms with E-state index in [-0.39, 0.29) is 0 Å². The second kappa shape index (κ2) is 5.50. The van der Waals surface area contributed by atoms with Crippen LogP contribution in [-0.4, -0.2) is 9.55 Å². The minimum Gasteiger partial charge on any atom is -0.486 e. The van der Waals surface area contributed by atoms with Crippen LogP contribution in [0.3, 0.4) is 0 Å². The lowest BCUT2D eigenvalue weighted by molar-refractivity contribution is 0.289. The van der Waals surface area contributed by atoms with Crippen molar-refractivity contribution >= 4 is 0 Å². The second-order valence-corrected chi connectivity index (χ2v) is 3.72. The van der Waals surface area contributed by atoms with Gasteiger partial charge in [-0.05, 0) is 19.1 Å². The normalized spacial score (nSPS) is 10.5. The molecule has 1 heterocycles. The Hall–Kier alpha value is -1.81. The number of hydrogen-bond donors (Lipinski definition) is 1. The zero-order chi connectivity index (χ0) is 12.1. The summed E-state index contributed by atoms with van der Waals surface area (Å²) in [6.07, 6.45) is 1.81. The third-order valence-electron chi connectivity index (χ3n) is 2.66. The zero-order valence-electron chi connectivity index (χ0n) is 9.97. The molecule has 0 aliphatic carbocycles. The predicted molar refractivity (Wildman–Crippen MR) is 66.6 cm³/mol. The second-order valence-electron chi connectivity index (χ2n) is 3.72. The van der Waals surface area contributed by atoms with E-state index in [2.05, 4.69) is 16.5 Å². The molecular formula is C13H17N3O. The average Bonchev–Trinajstić information content (AvgIpc) is 2.79. The molecule has 0 fully saturated rings. The van der Waals surface area contributed by atoms with Crippen molar-refractivity contribution in [1.82, 2.24) is 9.55 Å². The third kappa shape index (κ3) is 2.65. The van der Waals surface area contributed by atoms with E-state index in [0.717, 1.165) is 23.8 Å². The highest BCUT2D eigenvalue weighted by Gasteiger charge is 2.07. The van der Waals surface area contributed by atoms with Crippen LogP contribution in [0.5, 0.6) is 5.75 Å². The Labute approximate surface area is 101 Å². The van der Waals surface area contributed by atoms with Gasteiger partial charge in [0, 0.05) is 19.3 Å². The maximum absolute atomic E-state index is 5.67. The molecule has 0 bridgehead atoms. The number of ether oxygens (including phenoxy) is 1. The summed E-state index contributed by atoms with van der Waals surface area (Å²) in [5.41, 5.74) is 6.69. The first-order valence-electron chi connectivity index (χ1n) is 5.76. The van der Waals surface area contributed by atoms with Gasteiger partial charge in [0.2, 0.25) is 0 Å². The Morgan fingerprint density at radius 1 is 1.29 bits per heavy atom. The number of benzene rings is 1. The number of rotatable bonds is 5. The molecule has 17 heavy (non-hydrogen) atoms. The van der Waals surface area contributed by atoms with Crippen LogP contribution in [-0.2, 0) is 19.7 Å². The van der Waals surface area contributed by atoms with E-state index in [1.54, 1.807) is 0 Å². The molecule has 0 saturated carbocycles. The number of imidazole rings is 1. The fourth-order valence-electron chi connectivity index (χ4n) is 1.78. The van der Waals surface area contributed by atoms with Crippen molar-refractivity contribution in [2.45, 2.75) is 26.6 Å². The van der Waals surface area contributed by atoms with E-state index >= 15 is 0 Å². The Balaban J connectivity index is 2.06. The third-order valence-corrected chi connectivity index (χ3v) is 2.66. The van der Waals surface area contributed by atoms with Crippen molar-refractivity contribution in [1.29, 1.82) is 0 Å². The first-order chi connectivity index (χ1) is 8.35. The lowest BCUT2D eigenvalue weighted by Gasteiger charge is -2.09. The highest BCUT2D eigenvalue weighted by molar-refractivity contribution is 5.21. The van der Waals surface area contributed by atoms with E-state index in [9.17, 15) is 0 Å². The van der Waals surface area contributed by atoms with Crippen molar-refractivity contribution in [3.63, 3.8) is 0 Å². The van der Waals surface area contributed by atoms with Crippen LogP contribution < -0.4 is 10.5 Å². The van der Waals surface area contributed by atoms with Gasteiger partial charge in [0.15, 0.2) is 0 Å². The van der Waals surface area contributed by atoms with Gasteiger partial charge in [0.1, 0.15) is 18.2 Å². The first kappa shape index (κ1) is 11.7. The van der Waals surface area contributed by atoms with Crippen molar-refractivity contribution in [3.8, 4) is 5.75 Å². The summed E-state index contributed by atoms with van der Waals surface area (Å²) < 4.78 is 7.75. The lowest BCUT2D eigenvalue weighted by Crippen LogP contribution is -2.11. The molecular weight excluding hydrogens is 214 g/mol. The Kier molecular flexibility index (Phi) is 3.77. The summed E-state index contributed by atoms with van der Waals surface area (Å²) >= 11 is 0. The summed E-state index contributed by atoms with van der Waals surface area (Å²) in [6, 6.07) is 9.73. The molecule has 0 unspecified atom stereocenters. The highest BCUT2D eigenvalue weighted by Crippen LogP contribution is 2.12. The van der Waals surface area contributed by atoms with Crippen molar-refractivity contribution in [3.05, 3.63) is 48.0 Å². The van der Waals surface area contributed by atoms with Crippen LogP contribution in [0.1, 0.15) is 18.4 Å². The largest absolute Gasteiger partial charge is 0.486 e. The van der Waals surface area contributed by atoms with Gasteiger partial charge < -0.3 is 15.0 Å². The van der Waals surface area contributed by atoms with E-state index < -0.39 is 0 Å². The lowest BCUT2D eigenvalue weighted by atomic mass is 10.3. The molecule has 2 N–H and O–H groups in total. The van der Waals surface area contributed by atoms with Crippen LogP contribution in [0.25, 0.3) is 0 Å². The molecule has 0 spiro atoms. The van der Waals surface area contributed by atoms with Crippen LogP contribution in [0.4, 0.5) is 0 Å². The number of aromatic nitrogens is 2. The van der Waals surface area contributed by atoms with E-state index in [1.807, 2.05) is 36.5 Å². The standard InChI is InChI=1S/C13H17N3O/c1-2-16-11(8-14)9-15-13(16)10-17-12-6-4-3-5-7-12/h3-7,9H,2,8,10,14H2,1H3. The summed E-state index contributed by atoms with van der Waals surface area (Å²) in [7, 11) is 0. The highest BCUT2D eigenvalue weighted by atomic mass is 16.5. The van der Waals surface area contributed by atoms with Gasteiger partial charge in [-0.2, -0.15) is 0 Å². The van der Waals surface area contributed by atoms with Gasteiger partial charge >= 0.3 is 0 Å². The molecule has 4 nitrogen and oxygen atoms in total. The van der Waals surface area contributed by atoms with E-state index in [1.165, 1.54) is 0 Å². The van der Waals surface area contributed by atoms with Crippen LogP contribution in [0.2, 0.25) is 0 Å². The molecule has 0 atom stereocenters. The Morgan fingerprint density at radius 3 is 2.71 bits per heavy atom. The zero-order valence-corrected chi connectivity index (χ0v) is 9.97. The molecule has 2 aromatic rings. The summed E-state index contributed by atoms with van der Waals surface area (Å²) in [5, 5.41) is 0. The molecule has 0 saturated heterocycles. The van der Waals surface area contributed by atoms with E-state index in [0.29, 0.717) is 13.2 Å². The van der Waals surface area contributed by atoms with Gasteiger partial charge in [0.25, 0.3) is 0 Å². The van der Waals surface area contributed by atoms with Crippen molar-refractivity contribution in [2.75, 3.05) is 0 Å². The van der Waals surface area contributed by atoms with Crippen molar-refractivity contribution < 1.29 is 4.74 Å². The van der Waals surface area contributed by atoms with Crippen LogP contribution >= 0.6 is 0 Å². The molecule has 0 amide bonds. The fourth-order valence-corrected chi connectivity index (χ4v) is 1.78. The number of hydrogen-bond acceptors (Lipinski definition) is 3. The quantitative estimate of drug-likeness (QED) is 0.855. The number of nitrogens with two attached hydrogens (primary N) is 1. The molecule has 0 radical (unpaired) electrons. The van der Waals surface area contributed by atoms with Gasteiger partial charge in [-0.15, -0.1) is 0 Å². The van der Waals surface area contributed by atoms with Crippen molar-refractivity contribution in [2.24, 2.45) is 5.73 Å². The summed E-state index contributed by atoms with van der Waals surface area (Å²) in [6.45, 7) is 3.91. The number of para-hydroxylation sites is 1. The molecule has 0 aliphatic rings. The summed E-state index contributed by atoms with van der Waals surface area (Å²) in [5.74, 6) is 1.77. The monoisotopic (exact) mass is 231 g/mol. The maximum atomic E-state index is 5.67. The van der Waals surface area contributed by atoms with Gasteiger partial charge in [-0.1, -0.05) is 18.2 Å². The van der Waals surface area contributed by atoms with Gasteiger partial charge in [-0.3, -0.25) is 0 Å². The van der Waals surface area contributed by atoms with Gasteiger partial charge in [0.05, 0.1) is 5.69 Å². The molecule has 90 valence electrons. The minimum absolute atomic E-state index is 0.470. The van der Waals surface area contributed by atoms with Crippen LogP contribution in [0, 0.1) is 0 Å². The molecule has 4 heteroatoms. The fraction of sp³-hybridized carbons (Fsp3) is 0.308. The Bertz CT molecular complexity index is 465. The summed E-state index contributed by atoms with van der Waals surface area (Å²) in [4.78, 5) is 4.33. The molecule has 1 aromatic heterocycles. The molecule has 0 aliphatic heterocycles. The predicted octanol–water partition coefficient (Wildman–Crippen LogP) is 1.94. The van der Waals surface area contributed by atoms with E-state index in [4.69, 9.17) is 10.5 Å². The SMILES string of the molecule is CCn1c(CN)cnc1COc1ccccc1. The Morgan fingerprint density at radius 2 is 2.06 bits per heavy atom. The van der Waals surface area contributed by atoms with Crippen LogP contribution in [0.15, 0.2) is 36.5 Å². The maximum Gasteiger partial charge on any atom is 0.147 e. The van der Waals surface area contributed by atoms with Gasteiger partial charge in [-0.25, -0.2) is 4.98 Å². The average molecular weight is 231 g/mol.